The first-order valence-electron chi connectivity index (χ1n) is 7.94. The molecule has 4 nitrogen and oxygen atoms in total. The minimum Gasteiger partial charge on any atom is -0.301 e. The van der Waals surface area contributed by atoms with Gasteiger partial charge in [-0.2, -0.15) is 0 Å². The Kier molecular flexibility index (Phi) is 3.92. The van der Waals surface area contributed by atoms with Gasteiger partial charge in [0, 0.05) is 24.6 Å². The second kappa shape index (κ2) is 5.68. The van der Waals surface area contributed by atoms with Gasteiger partial charge in [-0.3, -0.25) is 9.36 Å². The lowest BCUT2D eigenvalue weighted by Crippen LogP contribution is -2.40. The van der Waals surface area contributed by atoms with Gasteiger partial charge in [0.25, 0.3) is 5.56 Å². The second-order valence-electron chi connectivity index (χ2n) is 6.65. The predicted octanol–water partition coefficient (Wildman–Crippen LogP) is 2.24. The van der Waals surface area contributed by atoms with Crippen molar-refractivity contribution in [3.8, 4) is 0 Å². The molecule has 1 saturated carbocycles. The Morgan fingerprint density at radius 1 is 1.25 bits per heavy atom. The summed E-state index contributed by atoms with van der Waals surface area (Å²) in [5.41, 5.74) is 1.13. The van der Waals surface area contributed by atoms with Crippen LogP contribution in [-0.2, 0) is 6.54 Å². The monoisotopic (exact) mass is 275 g/mol. The van der Waals surface area contributed by atoms with Crippen LogP contribution in [0.1, 0.15) is 51.1 Å². The van der Waals surface area contributed by atoms with Crippen molar-refractivity contribution in [3.05, 3.63) is 28.4 Å². The fraction of sp³-hybridized carbons (Fsp3) is 0.750. The summed E-state index contributed by atoms with van der Waals surface area (Å²) in [5, 5.41) is 0. The number of hydrogen-bond donors (Lipinski definition) is 0. The zero-order valence-electron chi connectivity index (χ0n) is 12.6. The average molecular weight is 275 g/mol. The highest BCUT2D eigenvalue weighted by Gasteiger charge is 2.26. The zero-order chi connectivity index (χ0) is 14.1. The summed E-state index contributed by atoms with van der Waals surface area (Å²) in [4.78, 5) is 19.1. The number of piperidine rings is 1. The lowest BCUT2D eigenvalue weighted by Gasteiger charge is -2.34. The first-order chi connectivity index (χ1) is 9.63. The predicted molar refractivity (Wildman–Crippen MR) is 79.9 cm³/mol. The summed E-state index contributed by atoms with van der Waals surface area (Å²) in [7, 11) is 0. The maximum Gasteiger partial charge on any atom is 0.253 e. The van der Waals surface area contributed by atoms with Crippen molar-refractivity contribution in [3.63, 3.8) is 0 Å². The number of likely N-dealkylation sites (tertiary alicyclic amines) is 1. The van der Waals surface area contributed by atoms with Crippen LogP contribution in [0.4, 0.5) is 0 Å². The van der Waals surface area contributed by atoms with E-state index in [9.17, 15) is 4.79 Å². The first kappa shape index (κ1) is 13.8. The Morgan fingerprint density at radius 3 is 2.50 bits per heavy atom. The molecule has 0 spiro atoms. The van der Waals surface area contributed by atoms with Crippen LogP contribution >= 0.6 is 0 Å². The summed E-state index contributed by atoms with van der Waals surface area (Å²) in [5.74, 6) is 1.18. The van der Waals surface area contributed by atoms with Crippen LogP contribution in [0, 0.1) is 5.92 Å². The van der Waals surface area contributed by atoms with E-state index >= 15 is 0 Å². The molecule has 1 saturated heterocycles. The van der Waals surface area contributed by atoms with Crippen LogP contribution in [0.3, 0.4) is 0 Å². The largest absolute Gasteiger partial charge is 0.301 e. The third kappa shape index (κ3) is 3.11. The molecule has 0 amide bonds. The number of nitrogens with zero attached hydrogens (tertiary/aromatic N) is 3. The molecule has 110 valence electrons. The van der Waals surface area contributed by atoms with Crippen LogP contribution in [0.5, 0.6) is 0 Å². The van der Waals surface area contributed by atoms with Gasteiger partial charge in [-0.25, -0.2) is 4.98 Å². The van der Waals surface area contributed by atoms with Crippen molar-refractivity contribution >= 4 is 0 Å². The van der Waals surface area contributed by atoms with E-state index in [0.717, 1.165) is 25.3 Å². The summed E-state index contributed by atoms with van der Waals surface area (Å²) >= 11 is 0. The molecule has 0 unspecified atom stereocenters. The molecule has 1 aromatic rings. The molecular formula is C16H25N3O. The summed E-state index contributed by atoms with van der Waals surface area (Å²) < 4.78 is 1.81. The average Bonchev–Trinajstić information content (AvgIpc) is 3.26. The number of aromatic nitrogens is 2. The van der Waals surface area contributed by atoms with Gasteiger partial charge in [0.05, 0.1) is 12.0 Å². The van der Waals surface area contributed by atoms with E-state index in [1.165, 1.54) is 25.7 Å². The Hall–Kier alpha value is -1.16. The van der Waals surface area contributed by atoms with Gasteiger partial charge in [-0.15, -0.1) is 0 Å². The van der Waals surface area contributed by atoms with Crippen molar-refractivity contribution in [2.24, 2.45) is 5.92 Å². The molecule has 2 aliphatic rings. The lowest BCUT2D eigenvalue weighted by molar-refractivity contribution is 0.141. The molecule has 2 heterocycles. The van der Waals surface area contributed by atoms with E-state index in [2.05, 4.69) is 23.7 Å². The number of rotatable bonds is 4. The van der Waals surface area contributed by atoms with E-state index in [-0.39, 0.29) is 5.56 Å². The molecule has 20 heavy (non-hydrogen) atoms. The SMILES string of the molecule is CC(C)N1CCC(Cn2cnc(C3CC3)cc2=O)CC1. The topological polar surface area (TPSA) is 38.1 Å². The van der Waals surface area contributed by atoms with Gasteiger partial charge in [0.15, 0.2) is 0 Å². The Morgan fingerprint density at radius 2 is 1.95 bits per heavy atom. The van der Waals surface area contributed by atoms with E-state index in [0.29, 0.717) is 17.9 Å². The molecule has 3 rings (SSSR count). The fourth-order valence-electron chi connectivity index (χ4n) is 3.11. The molecule has 0 bridgehead atoms. The van der Waals surface area contributed by atoms with Crippen molar-refractivity contribution in [1.29, 1.82) is 0 Å². The van der Waals surface area contributed by atoms with Crippen LogP contribution in [0.2, 0.25) is 0 Å². The molecular weight excluding hydrogens is 250 g/mol. The van der Waals surface area contributed by atoms with Crippen molar-refractivity contribution in [1.82, 2.24) is 14.5 Å². The van der Waals surface area contributed by atoms with Crippen molar-refractivity contribution < 1.29 is 0 Å². The third-order valence-corrected chi connectivity index (χ3v) is 4.73. The summed E-state index contributed by atoms with van der Waals surface area (Å²) in [6.45, 7) is 7.66. The summed E-state index contributed by atoms with van der Waals surface area (Å²) in [6, 6.07) is 2.39. The Labute approximate surface area is 120 Å². The molecule has 1 aromatic heterocycles. The Bertz CT molecular complexity index is 511. The molecule has 0 atom stereocenters. The molecule has 0 N–H and O–H groups in total. The molecule has 4 heteroatoms. The maximum atomic E-state index is 12.1. The molecule has 0 aromatic carbocycles. The van der Waals surface area contributed by atoms with Crippen LogP contribution in [-0.4, -0.2) is 33.6 Å². The minimum atomic E-state index is 0.133. The van der Waals surface area contributed by atoms with E-state index < -0.39 is 0 Å². The Balaban J connectivity index is 1.59. The molecule has 0 radical (unpaired) electrons. The van der Waals surface area contributed by atoms with Gasteiger partial charge in [0.2, 0.25) is 0 Å². The molecule has 1 aliphatic carbocycles. The highest BCUT2D eigenvalue weighted by molar-refractivity contribution is 5.12. The van der Waals surface area contributed by atoms with E-state index in [4.69, 9.17) is 0 Å². The van der Waals surface area contributed by atoms with Gasteiger partial charge in [-0.1, -0.05) is 0 Å². The standard InChI is InChI=1S/C16H25N3O/c1-12(2)18-7-5-13(6-8-18)10-19-11-17-15(9-16(19)20)14-3-4-14/h9,11-14H,3-8,10H2,1-2H3. The van der Waals surface area contributed by atoms with Crippen LogP contribution < -0.4 is 5.56 Å². The fourth-order valence-corrected chi connectivity index (χ4v) is 3.11. The minimum absolute atomic E-state index is 0.133. The van der Waals surface area contributed by atoms with Crippen LogP contribution in [0.15, 0.2) is 17.2 Å². The normalized spacial score (nSPS) is 21.6. The van der Waals surface area contributed by atoms with Gasteiger partial charge >= 0.3 is 0 Å². The lowest BCUT2D eigenvalue weighted by atomic mass is 9.96. The van der Waals surface area contributed by atoms with Gasteiger partial charge < -0.3 is 4.90 Å². The maximum absolute atomic E-state index is 12.1. The van der Waals surface area contributed by atoms with E-state index in [1.807, 2.05) is 4.57 Å². The van der Waals surface area contributed by atoms with Gasteiger partial charge in [0.1, 0.15) is 0 Å². The second-order valence-corrected chi connectivity index (χ2v) is 6.65. The molecule has 2 fully saturated rings. The van der Waals surface area contributed by atoms with Gasteiger partial charge in [-0.05, 0) is 58.5 Å². The highest BCUT2D eigenvalue weighted by atomic mass is 16.1. The quantitative estimate of drug-likeness (QED) is 0.846. The zero-order valence-corrected chi connectivity index (χ0v) is 12.6. The smallest absolute Gasteiger partial charge is 0.253 e. The summed E-state index contributed by atoms with van der Waals surface area (Å²) in [6.07, 6.45) is 6.54. The van der Waals surface area contributed by atoms with Crippen LogP contribution in [0.25, 0.3) is 0 Å². The van der Waals surface area contributed by atoms with E-state index in [1.54, 1.807) is 12.4 Å². The highest BCUT2D eigenvalue weighted by Crippen LogP contribution is 2.38. The van der Waals surface area contributed by atoms with Crippen molar-refractivity contribution in [2.75, 3.05) is 13.1 Å². The third-order valence-electron chi connectivity index (χ3n) is 4.73. The van der Waals surface area contributed by atoms with Crippen molar-refractivity contribution in [2.45, 2.75) is 58.0 Å². The first-order valence-corrected chi connectivity index (χ1v) is 7.94. The molecule has 1 aliphatic heterocycles. The number of hydrogen-bond acceptors (Lipinski definition) is 3.